The van der Waals surface area contributed by atoms with Gasteiger partial charge in [0, 0.05) is 50.4 Å². The Morgan fingerprint density at radius 3 is 2.15 bits per heavy atom. The van der Waals surface area contributed by atoms with Crippen LogP contribution in [0.5, 0.6) is 17.2 Å². The van der Waals surface area contributed by atoms with Crippen molar-refractivity contribution in [2.24, 2.45) is 5.92 Å². The second kappa shape index (κ2) is 13.5. The lowest BCUT2D eigenvalue weighted by Gasteiger charge is -2.38. The van der Waals surface area contributed by atoms with Gasteiger partial charge in [-0.15, -0.1) is 0 Å². The van der Waals surface area contributed by atoms with Gasteiger partial charge in [-0.3, -0.25) is 4.90 Å². The van der Waals surface area contributed by atoms with E-state index in [-0.39, 0.29) is 12.6 Å². The first kappa shape index (κ1) is 31.2. The number of carbonyl (C=O) groups is 1. The van der Waals surface area contributed by atoms with E-state index in [9.17, 15) is 13.2 Å². The van der Waals surface area contributed by atoms with Gasteiger partial charge in [0.25, 0.3) is 10.2 Å². The number of piperidine rings is 1. The van der Waals surface area contributed by atoms with Crippen LogP contribution in [0.1, 0.15) is 18.4 Å². The molecule has 41 heavy (non-hydrogen) atoms. The number of likely N-dealkylation sites (tertiary alicyclic amines) is 1. The number of methoxy groups -OCH3 is 3. The lowest BCUT2D eigenvalue weighted by Crippen LogP contribution is -2.54. The zero-order valence-corrected chi connectivity index (χ0v) is 25.8. The Labute approximate surface area is 247 Å². The molecular formula is C28H40ClN5O6S. The molecule has 0 aromatic heterocycles. The quantitative estimate of drug-likeness (QED) is 0.425. The summed E-state index contributed by atoms with van der Waals surface area (Å²) >= 11 is 6.04. The maximum Gasteiger partial charge on any atom is 0.319 e. The number of nitrogens with zero attached hydrogens (tertiary/aromatic N) is 3. The summed E-state index contributed by atoms with van der Waals surface area (Å²) in [7, 11) is 3.90. The molecule has 0 aliphatic carbocycles. The normalized spacial score (nSPS) is 20.7. The zero-order valence-electron chi connectivity index (χ0n) is 24.2. The van der Waals surface area contributed by atoms with E-state index >= 15 is 0 Å². The van der Waals surface area contributed by atoms with Gasteiger partial charge in [0.1, 0.15) is 0 Å². The Kier molecular flexibility index (Phi) is 10.2. The van der Waals surface area contributed by atoms with Crippen LogP contribution in [-0.4, -0.2) is 102 Å². The molecule has 2 N–H and O–H groups in total. The third-order valence-electron chi connectivity index (χ3n) is 7.84. The average Bonchev–Trinajstić information content (AvgIpc) is 3.38. The number of anilines is 1. The van der Waals surface area contributed by atoms with Gasteiger partial charge in [-0.25, -0.2) is 4.79 Å². The molecule has 2 saturated heterocycles. The molecule has 2 aromatic carbocycles. The number of ether oxygens (including phenoxy) is 3. The molecule has 0 radical (unpaired) electrons. The van der Waals surface area contributed by atoms with Crippen LogP contribution in [0.4, 0.5) is 10.5 Å². The molecule has 0 spiro atoms. The van der Waals surface area contributed by atoms with Crippen molar-refractivity contribution in [2.75, 3.05) is 66.9 Å². The van der Waals surface area contributed by atoms with Crippen molar-refractivity contribution >= 4 is 33.5 Å². The van der Waals surface area contributed by atoms with Gasteiger partial charge in [0.2, 0.25) is 5.75 Å². The fourth-order valence-corrected chi connectivity index (χ4v) is 6.89. The van der Waals surface area contributed by atoms with Gasteiger partial charge in [-0.1, -0.05) is 23.7 Å². The van der Waals surface area contributed by atoms with Crippen LogP contribution in [0.15, 0.2) is 36.4 Å². The summed E-state index contributed by atoms with van der Waals surface area (Å²) in [5.74, 6) is 1.77. The molecular weight excluding hydrogens is 570 g/mol. The molecule has 13 heteroatoms. The van der Waals surface area contributed by atoms with E-state index in [0.717, 1.165) is 37.4 Å². The Morgan fingerprint density at radius 2 is 1.61 bits per heavy atom. The van der Waals surface area contributed by atoms with Gasteiger partial charge >= 0.3 is 6.03 Å². The fourth-order valence-electron chi connectivity index (χ4n) is 5.61. The molecule has 4 rings (SSSR count). The minimum atomic E-state index is -3.65. The first-order chi connectivity index (χ1) is 19.5. The second-order valence-corrected chi connectivity index (χ2v) is 13.2. The molecule has 11 nitrogen and oxygen atoms in total. The van der Waals surface area contributed by atoms with E-state index in [4.69, 9.17) is 25.8 Å². The molecule has 2 atom stereocenters. The fraction of sp³-hybridized carbons (Fsp3) is 0.536. The smallest absolute Gasteiger partial charge is 0.319 e. The zero-order chi connectivity index (χ0) is 29.7. The van der Waals surface area contributed by atoms with Gasteiger partial charge in [0.15, 0.2) is 11.5 Å². The maximum absolute atomic E-state index is 13.2. The number of halogens is 1. The molecule has 0 unspecified atom stereocenters. The lowest BCUT2D eigenvalue weighted by atomic mass is 9.89. The average molecular weight is 610 g/mol. The molecule has 226 valence electrons. The topological polar surface area (TPSA) is 113 Å². The van der Waals surface area contributed by atoms with E-state index in [2.05, 4.69) is 27.7 Å². The summed E-state index contributed by atoms with van der Waals surface area (Å²) in [6.07, 6.45) is 2.96. The third-order valence-corrected chi connectivity index (χ3v) is 9.96. The standard InChI is InChI=1S/C28H40ClN5O6S/c1-32(2)41(36,37)34-17-23(31-28(35)30-22-15-25(38-3)27(40-5)26(16-22)39-4)24(18-34)33-12-10-20(11-13-33)14-19-6-8-21(29)9-7-19/h6-9,15-16,20,23-24H,10-14,17-18H2,1-5H3,(H2,30,31,35)/t23-,24-/m0/s1. The van der Waals surface area contributed by atoms with Crippen molar-refractivity contribution in [3.05, 3.63) is 47.0 Å². The second-order valence-electron chi connectivity index (χ2n) is 10.6. The van der Waals surface area contributed by atoms with Crippen LogP contribution in [0.25, 0.3) is 0 Å². The Balaban J connectivity index is 1.45. The predicted molar refractivity (Wildman–Crippen MR) is 159 cm³/mol. The van der Waals surface area contributed by atoms with Crippen molar-refractivity contribution in [1.82, 2.24) is 18.8 Å². The molecule has 2 heterocycles. The minimum Gasteiger partial charge on any atom is -0.493 e. The van der Waals surface area contributed by atoms with E-state index in [1.165, 1.54) is 49.6 Å². The van der Waals surface area contributed by atoms with Gasteiger partial charge in [-0.05, 0) is 56.0 Å². The highest BCUT2D eigenvalue weighted by atomic mass is 35.5. The molecule has 2 aliphatic heterocycles. The largest absolute Gasteiger partial charge is 0.493 e. The van der Waals surface area contributed by atoms with Crippen LogP contribution >= 0.6 is 11.6 Å². The summed E-state index contributed by atoms with van der Waals surface area (Å²) in [5.41, 5.74) is 1.72. The van der Waals surface area contributed by atoms with E-state index in [1.54, 1.807) is 12.1 Å². The lowest BCUT2D eigenvalue weighted by molar-refractivity contribution is 0.125. The molecule has 2 fully saturated rings. The first-order valence-electron chi connectivity index (χ1n) is 13.6. The molecule has 2 aliphatic rings. The molecule has 2 amide bonds. The van der Waals surface area contributed by atoms with E-state index in [0.29, 0.717) is 35.4 Å². The monoisotopic (exact) mass is 609 g/mol. The SMILES string of the molecule is COc1cc(NC(=O)N[C@H]2CN(S(=O)(=O)N(C)C)C[C@@H]2N2CCC(Cc3ccc(Cl)cc3)CC2)cc(OC)c1OC. The summed E-state index contributed by atoms with van der Waals surface area (Å²) in [6.45, 7) is 2.13. The van der Waals surface area contributed by atoms with Crippen molar-refractivity contribution in [3.63, 3.8) is 0 Å². The maximum atomic E-state index is 13.2. The van der Waals surface area contributed by atoms with Gasteiger partial charge < -0.3 is 24.8 Å². The Hall–Kier alpha value is -2.77. The summed E-state index contributed by atoms with van der Waals surface area (Å²) in [6, 6.07) is 10.3. The third kappa shape index (κ3) is 7.36. The number of hydrogen-bond donors (Lipinski definition) is 2. The van der Waals surface area contributed by atoms with Crippen LogP contribution in [0, 0.1) is 5.92 Å². The summed E-state index contributed by atoms with van der Waals surface area (Å²) < 4.78 is 44.8. The Bertz CT molecular complexity index is 1280. The van der Waals surface area contributed by atoms with Crippen LogP contribution in [0.2, 0.25) is 5.02 Å². The summed E-state index contributed by atoms with van der Waals surface area (Å²) in [4.78, 5) is 15.5. The number of amides is 2. The van der Waals surface area contributed by atoms with Crippen molar-refractivity contribution in [1.29, 1.82) is 0 Å². The van der Waals surface area contributed by atoms with Crippen LogP contribution < -0.4 is 24.8 Å². The highest BCUT2D eigenvalue weighted by Crippen LogP contribution is 2.40. The van der Waals surface area contributed by atoms with Crippen molar-refractivity contribution in [2.45, 2.75) is 31.3 Å². The molecule has 0 saturated carbocycles. The number of nitrogens with one attached hydrogen (secondary N) is 2. The van der Waals surface area contributed by atoms with Crippen molar-refractivity contribution < 1.29 is 27.4 Å². The molecule has 0 bridgehead atoms. The number of rotatable bonds is 10. The Morgan fingerprint density at radius 1 is 1.00 bits per heavy atom. The number of urea groups is 1. The highest BCUT2D eigenvalue weighted by Gasteiger charge is 2.43. The first-order valence-corrected chi connectivity index (χ1v) is 15.4. The van der Waals surface area contributed by atoms with E-state index < -0.39 is 22.3 Å². The van der Waals surface area contributed by atoms with Gasteiger partial charge in [0.05, 0.1) is 33.1 Å². The predicted octanol–water partition coefficient (Wildman–Crippen LogP) is 3.30. The number of benzene rings is 2. The number of hydrogen-bond acceptors (Lipinski definition) is 7. The minimum absolute atomic E-state index is 0.160. The highest BCUT2D eigenvalue weighted by molar-refractivity contribution is 7.86. The van der Waals surface area contributed by atoms with Gasteiger partial charge in [-0.2, -0.15) is 17.0 Å². The molecule has 2 aromatic rings. The van der Waals surface area contributed by atoms with E-state index in [1.807, 2.05) is 12.1 Å². The number of carbonyl (C=O) groups excluding carboxylic acids is 1. The summed E-state index contributed by atoms with van der Waals surface area (Å²) in [5, 5.41) is 6.60. The van der Waals surface area contributed by atoms with Crippen LogP contribution in [0.3, 0.4) is 0 Å². The van der Waals surface area contributed by atoms with Crippen molar-refractivity contribution in [3.8, 4) is 17.2 Å². The van der Waals surface area contributed by atoms with Crippen LogP contribution in [-0.2, 0) is 16.6 Å².